The second-order valence-electron chi connectivity index (χ2n) is 4.59. The molecule has 9 heteroatoms. The largest absolute Gasteiger partial charge is 0.421 e. The van der Waals surface area contributed by atoms with Crippen molar-refractivity contribution in [3.8, 4) is 0 Å². The van der Waals surface area contributed by atoms with Gasteiger partial charge in [-0.05, 0) is 18.2 Å². The van der Waals surface area contributed by atoms with Crippen LogP contribution < -0.4 is 5.09 Å². The second kappa shape index (κ2) is 5.94. The van der Waals surface area contributed by atoms with Gasteiger partial charge in [-0.2, -0.15) is 13.2 Å². The van der Waals surface area contributed by atoms with Gasteiger partial charge in [0.25, 0.3) is 0 Å². The van der Waals surface area contributed by atoms with E-state index in [9.17, 15) is 26.7 Å². The van der Waals surface area contributed by atoms with Gasteiger partial charge in [-0.15, -0.1) is 0 Å². The summed E-state index contributed by atoms with van der Waals surface area (Å²) < 4.78 is 69.9. The molecule has 0 saturated carbocycles. The minimum atomic E-state index is -4.90. The first-order chi connectivity index (χ1) is 9.74. The number of rotatable bonds is 2. The fourth-order valence-corrected chi connectivity index (χ4v) is 2.47. The van der Waals surface area contributed by atoms with Crippen LogP contribution in [0.5, 0.6) is 0 Å². The van der Waals surface area contributed by atoms with Gasteiger partial charge in [-0.25, -0.2) is 8.78 Å². The fourth-order valence-electron chi connectivity index (χ4n) is 2.18. The van der Waals surface area contributed by atoms with Crippen LogP contribution in [0.2, 0.25) is 0 Å². The van der Waals surface area contributed by atoms with Crippen molar-refractivity contribution in [2.75, 3.05) is 0 Å². The predicted octanol–water partition coefficient (Wildman–Crippen LogP) is 2.67. The van der Waals surface area contributed by atoms with E-state index in [0.29, 0.717) is 0 Å². The average molecular weight is 327 g/mol. The van der Waals surface area contributed by atoms with Crippen molar-refractivity contribution in [1.29, 1.82) is 0 Å². The number of hydrogen-bond donors (Lipinski definition) is 1. The summed E-state index contributed by atoms with van der Waals surface area (Å²) in [4.78, 5) is 11.5. The highest BCUT2D eigenvalue weighted by molar-refractivity contribution is 7.13. The van der Waals surface area contributed by atoms with Crippen molar-refractivity contribution in [2.45, 2.75) is 30.8 Å². The van der Waals surface area contributed by atoms with Crippen LogP contribution in [-0.2, 0) is 9.53 Å². The predicted molar refractivity (Wildman–Crippen MR) is 66.3 cm³/mol. The van der Waals surface area contributed by atoms with E-state index in [0.717, 1.165) is 18.2 Å². The molecule has 1 N–H and O–H groups in total. The number of alkyl halides is 3. The van der Waals surface area contributed by atoms with E-state index < -0.39 is 48.3 Å². The zero-order chi connectivity index (χ0) is 15.8. The van der Waals surface area contributed by atoms with Gasteiger partial charge in [0.15, 0.2) is 5.78 Å². The molecule has 0 amide bonds. The molecule has 0 aromatic heterocycles. The summed E-state index contributed by atoms with van der Waals surface area (Å²) in [5, 5.41) is 2.52. The molecule has 1 aliphatic heterocycles. The smallest absolute Gasteiger partial charge is 0.351 e. The maximum absolute atomic E-state index is 13.7. The topological polar surface area (TPSA) is 38.3 Å². The molecule has 0 bridgehead atoms. The Hall–Kier alpha value is -1.11. The quantitative estimate of drug-likeness (QED) is 0.670. The minimum absolute atomic E-state index is 0.364. The molecule has 21 heavy (non-hydrogen) atoms. The van der Waals surface area contributed by atoms with Gasteiger partial charge in [0.1, 0.15) is 17.7 Å². The third kappa shape index (κ3) is 3.39. The molecule has 2 unspecified atom stereocenters. The van der Waals surface area contributed by atoms with Gasteiger partial charge in [0.2, 0.25) is 6.10 Å². The number of benzene rings is 1. The second-order valence-corrected chi connectivity index (χ2v) is 4.92. The summed E-state index contributed by atoms with van der Waals surface area (Å²) in [6.45, 7) is 0. The Morgan fingerprint density at radius 1 is 1.29 bits per heavy atom. The van der Waals surface area contributed by atoms with Crippen molar-refractivity contribution in [3.63, 3.8) is 0 Å². The van der Waals surface area contributed by atoms with Gasteiger partial charge in [-0.1, -0.05) is 9.39 Å². The lowest BCUT2D eigenvalue weighted by Crippen LogP contribution is -2.50. The zero-order valence-corrected chi connectivity index (χ0v) is 11.6. The first-order valence-corrected chi connectivity index (χ1v) is 6.47. The van der Waals surface area contributed by atoms with Crippen LogP contribution >= 0.6 is 9.39 Å². The Kier molecular flexibility index (Phi) is 4.60. The number of halogens is 5. The summed E-state index contributed by atoms with van der Waals surface area (Å²) in [7, 11) is 2.03. The molecule has 3 nitrogen and oxygen atoms in total. The molecule has 1 saturated heterocycles. The lowest BCUT2D eigenvalue weighted by atomic mass is 9.92. The molecule has 0 radical (unpaired) electrons. The molecule has 2 rings (SSSR count). The summed E-state index contributed by atoms with van der Waals surface area (Å²) in [6.07, 6.45) is -9.47. The van der Waals surface area contributed by atoms with Crippen LogP contribution in [0.25, 0.3) is 0 Å². The van der Waals surface area contributed by atoms with E-state index >= 15 is 0 Å². The lowest BCUT2D eigenvalue weighted by molar-refractivity contribution is -0.239. The minimum Gasteiger partial charge on any atom is -0.351 e. The van der Waals surface area contributed by atoms with Crippen LogP contribution in [0, 0.1) is 11.6 Å². The third-order valence-electron chi connectivity index (χ3n) is 3.14. The van der Waals surface area contributed by atoms with E-state index in [1.54, 1.807) is 0 Å². The van der Waals surface area contributed by atoms with E-state index in [1.165, 1.54) is 0 Å². The molecular weight excluding hydrogens is 316 g/mol. The van der Waals surface area contributed by atoms with Crippen molar-refractivity contribution in [3.05, 3.63) is 35.4 Å². The highest BCUT2D eigenvalue weighted by Crippen LogP contribution is 2.38. The number of ketones is 1. The maximum atomic E-state index is 13.7. The number of nitrogens with one attached hydrogen (secondary N) is 1. The molecular formula is C12H11F5NO2P. The summed E-state index contributed by atoms with van der Waals surface area (Å²) in [5.41, 5.74) is -0.364. The molecule has 1 aromatic rings. The van der Waals surface area contributed by atoms with Gasteiger partial charge in [0, 0.05) is 18.0 Å². The summed E-state index contributed by atoms with van der Waals surface area (Å²) >= 11 is 0. The number of carbonyl (C=O) groups is 1. The lowest BCUT2D eigenvalue weighted by Gasteiger charge is -2.36. The number of Topliss-reactive ketones (excluding diaryl/α,β-unsaturated/α-hetero) is 1. The van der Waals surface area contributed by atoms with Gasteiger partial charge in [0.05, 0.1) is 0 Å². The van der Waals surface area contributed by atoms with Crippen molar-refractivity contribution < 1.29 is 31.5 Å². The van der Waals surface area contributed by atoms with Crippen molar-refractivity contribution in [1.82, 2.24) is 5.09 Å². The van der Waals surface area contributed by atoms with Crippen LogP contribution in [0.3, 0.4) is 0 Å². The fraction of sp³-hybridized carbons (Fsp3) is 0.417. The highest BCUT2D eigenvalue weighted by Gasteiger charge is 2.51. The average Bonchev–Trinajstić information content (AvgIpc) is 2.40. The van der Waals surface area contributed by atoms with E-state index in [4.69, 9.17) is 4.74 Å². The summed E-state index contributed by atoms with van der Waals surface area (Å²) in [6, 6.07) is 1.50. The van der Waals surface area contributed by atoms with E-state index in [2.05, 4.69) is 5.09 Å². The van der Waals surface area contributed by atoms with Crippen molar-refractivity contribution >= 4 is 15.2 Å². The Labute approximate surface area is 119 Å². The molecule has 4 atom stereocenters. The standard InChI is InChI=1S/C12H11F5NO2P/c13-5-1-2-7(14)6(3-5)10-8(18-21)4-9(19)11(20-10)12(15,16)17/h1-3,8,10-11,18H,4,21H2/t8-,10+,11?/m0/s1. The number of ether oxygens (including phenoxy) is 1. The summed E-state index contributed by atoms with van der Waals surface area (Å²) in [5.74, 6) is -2.87. The maximum Gasteiger partial charge on any atom is 0.421 e. The van der Waals surface area contributed by atoms with Crippen LogP contribution in [0.1, 0.15) is 18.1 Å². The van der Waals surface area contributed by atoms with Gasteiger partial charge in [-0.3, -0.25) is 9.88 Å². The molecule has 0 aliphatic carbocycles. The van der Waals surface area contributed by atoms with Crippen LogP contribution in [0.15, 0.2) is 18.2 Å². The first kappa shape index (κ1) is 16.3. The normalized spacial score (nSPS) is 27.0. The Bertz CT molecular complexity index is 551. The van der Waals surface area contributed by atoms with Crippen LogP contribution in [-0.4, -0.2) is 24.1 Å². The highest BCUT2D eigenvalue weighted by atomic mass is 31.0. The monoisotopic (exact) mass is 327 g/mol. The van der Waals surface area contributed by atoms with Gasteiger partial charge < -0.3 is 4.74 Å². The molecule has 1 aliphatic rings. The molecule has 1 fully saturated rings. The molecule has 0 spiro atoms. The van der Waals surface area contributed by atoms with E-state index in [1.807, 2.05) is 9.39 Å². The third-order valence-corrected chi connectivity index (χ3v) is 3.57. The van der Waals surface area contributed by atoms with E-state index in [-0.39, 0.29) is 5.56 Å². The molecule has 116 valence electrons. The number of carbonyl (C=O) groups excluding carboxylic acids is 1. The number of hydrogen-bond acceptors (Lipinski definition) is 3. The zero-order valence-electron chi connectivity index (χ0n) is 10.5. The molecule has 1 heterocycles. The molecule has 1 aromatic carbocycles. The Balaban J connectivity index is 2.39. The Morgan fingerprint density at radius 3 is 2.52 bits per heavy atom. The van der Waals surface area contributed by atoms with Crippen LogP contribution in [0.4, 0.5) is 22.0 Å². The van der Waals surface area contributed by atoms with Gasteiger partial charge >= 0.3 is 6.18 Å². The first-order valence-electron chi connectivity index (χ1n) is 5.90. The SMILES string of the molecule is O=C1C[C@H](NP)[C@@H](c2cc(F)ccc2F)OC1C(F)(F)F. The Morgan fingerprint density at radius 2 is 1.95 bits per heavy atom. The van der Waals surface area contributed by atoms with Crippen molar-refractivity contribution in [2.24, 2.45) is 0 Å².